The molecule has 1 aliphatic heterocycles. The van der Waals surface area contributed by atoms with Gasteiger partial charge in [0, 0.05) is 37.4 Å². The van der Waals surface area contributed by atoms with Crippen LogP contribution in [0, 0.1) is 5.92 Å². The number of carbonyl (C=O) groups excluding carboxylic acids is 1. The number of allylic oxidation sites excluding steroid dienone is 1. The molecule has 5 heteroatoms. The molecule has 124 valence electrons. The van der Waals surface area contributed by atoms with Crippen LogP contribution in [0.3, 0.4) is 0 Å². The number of hydrogen-bond acceptors (Lipinski definition) is 3. The highest BCUT2D eigenvalue weighted by molar-refractivity contribution is 5.94. The molecule has 1 amide bonds. The van der Waals surface area contributed by atoms with Gasteiger partial charge in [-0.25, -0.2) is 4.98 Å². The van der Waals surface area contributed by atoms with Gasteiger partial charge in [-0.15, -0.1) is 0 Å². The second kappa shape index (κ2) is 6.11. The summed E-state index contributed by atoms with van der Waals surface area (Å²) in [6.07, 6.45) is 9.65. The number of hydrogen-bond donors (Lipinski definition) is 0. The minimum Gasteiger partial charge on any atom is -0.380 e. The third-order valence-corrected chi connectivity index (χ3v) is 5.20. The van der Waals surface area contributed by atoms with Crippen LogP contribution < -0.4 is 0 Å². The molecule has 2 aliphatic carbocycles. The van der Waals surface area contributed by atoms with Gasteiger partial charge in [0.2, 0.25) is 5.91 Å². The average Bonchev–Trinajstić information content (AvgIpc) is 3.07. The van der Waals surface area contributed by atoms with Crippen LogP contribution in [0.25, 0.3) is 0 Å². The zero-order valence-corrected chi connectivity index (χ0v) is 13.8. The lowest BCUT2D eigenvalue weighted by Crippen LogP contribution is -2.40. The van der Waals surface area contributed by atoms with E-state index in [9.17, 15) is 4.79 Å². The lowest BCUT2D eigenvalue weighted by atomic mass is 9.98. The molecule has 1 aromatic rings. The molecule has 5 nitrogen and oxygen atoms in total. The van der Waals surface area contributed by atoms with E-state index in [4.69, 9.17) is 4.74 Å². The molecular formula is C18H25N3O2. The molecule has 1 saturated carbocycles. The SMILES string of the molecule is Cn1cnc2c1[C@H](COCC1CC1)CN(C(=O)C1=CCCC1)C2. The van der Waals surface area contributed by atoms with Crippen LogP contribution in [0.5, 0.6) is 0 Å². The molecule has 0 aromatic carbocycles. The smallest absolute Gasteiger partial charge is 0.249 e. The third kappa shape index (κ3) is 3.07. The van der Waals surface area contributed by atoms with Gasteiger partial charge < -0.3 is 14.2 Å². The highest BCUT2D eigenvalue weighted by Crippen LogP contribution is 2.32. The number of fused-ring (bicyclic) bond motifs is 1. The fourth-order valence-corrected chi connectivity index (χ4v) is 3.75. The largest absolute Gasteiger partial charge is 0.380 e. The Morgan fingerprint density at radius 1 is 1.39 bits per heavy atom. The van der Waals surface area contributed by atoms with Crippen LogP contribution in [-0.2, 0) is 23.1 Å². The van der Waals surface area contributed by atoms with Crippen LogP contribution in [0.2, 0.25) is 0 Å². The summed E-state index contributed by atoms with van der Waals surface area (Å²) in [4.78, 5) is 19.2. The van der Waals surface area contributed by atoms with Crippen LogP contribution in [-0.4, -0.2) is 40.1 Å². The number of carbonyl (C=O) groups is 1. The van der Waals surface area contributed by atoms with Crippen molar-refractivity contribution < 1.29 is 9.53 Å². The summed E-state index contributed by atoms with van der Waals surface area (Å²) in [6, 6.07) is 0. The lowest BCUT2D eigenvalue weighted by molar-refractivity contribution is -0.128. The van der Waals surface area contributed by atoms with E-state index in [2.05, 4.69) is 15.6 Å². The maximum Gasteiger partial charge on any atom is 0.249 e. The minimum atomic E-state index is 0.200. The Labute approximate surface area is 137 Å². The van der Waals surface area contributed by atoms with Crippen LogP contribution in [0.1, 0.15) is 49.4 Å². The Balaban J connectivity index is 1.49. The molecule has 1 aromatic heterocycles. The van der Waals surface area contributed by atoms with Gasteiger partial charge in [0.1, 0.15) is 0 Å². The Bertz CT molecular complexity index is 630. The summed E-state index contributed by atoms with van der Waals surface area (Å²) in [5, 5.41) is 0. The molecule has 0 saturated heterocycles. The van der Waals surface area contributed by atoms with E-state index in [1.54, 1.807) is 0 Å². The monoisotopic (exact) mass is 315 g/mol. The van der Waals surface area contributed by atoms with Gasteiger partial charge in [0.25, 0.3) is 0 Å². The predicted molar refractivity (Wildman–Crippen MR) is 86.8 cm³/mol. The first-order chi connectivity index (χ1) is 11.2. The first kappa shape index (κ1) is 14.9. The van der Waals surface area contributed by atoms with Crippen molar-refractivity contribution in [2.45, 2.75) is 44.6 Å². The van der Waals surface area contributed by atoms with E-state index in [0.717, 1.165) is 49.6 Å². The average molecular weight is 315 g/mol. The number of aromatic nitrogens is 2. The predicted octanol–water partition coefficient (Wildman–Crippen LogP) is 2.38. The summed E-state index contributed by atoms with van der Waals surface area (Å²) in [6.45, 7) is 2.92. The second-order valence-electron chi connectivity index (χ2n) is 7.17. The fraction of sp³-hybridized carbons (Fsp3) is 0.667. The Morgan fingerprint density at radius 2 is 2.26 bits per heavy atom. The maximum atomic E-state index is 12.7. The molecule has 0 N–H and O–H groups in total. The minimum absolute atomic E-state index is 0.200. The molecular weight excluding hydrogens is 290 g/mol. The van der Waals surface area contributed by atoms with E-state index in [1.807, 2.05) is 18.3 Å². The molecule has 3 aliphatic rings. The van der Waals surface area contributed by atoms with E-state index < -0.39 is 0 Å². The summed E-state index contributed by atoms with van der Waals surface area (Å²) >= 11 is 0. The number of aryl methyl sites for hydroxylation is 1. The van der Waals surface area contributed by atoms with Gasteiger partial charge >= 0.3 is 0 Å². The van der Waals surface area contributed by atoms with Crippen LogP contribution in [0.15, 0.2) is 18.0 Å². The number of amides is 1. The molecule has 0 radical (unpaired) electrons. The second-order valence-corrected chi connectivity index (χ2v) is 7.17. The standard InChI is InChI=1S/C18H25N3O2/c1-20-12-19-16-9-21(18(22)14-4-2-3-5-14)8-15(17(16)20)11-23-10-13-6-7-13/h4,12-13,15H,2-3,5-11H2,1H3/t15-/m0/s1. The molecule has 1 fully saturated rings. The zero-order chi connectivity index (χ0) is 15.8. The van der Waals surface area contributed by atoms with Gasteiger partial charge in [-0.3, -0.25) is 4.79 Å². The molecule has 23 heavy (non-hydrogen) atoms. The molecule has 1 atom stereocenters. The fourth-order valence-electron chi connectivity index (χ4n) is 3.75. The third-order valence-electron chi connectivity index (χ3n) is 5.20. The number of imidazole rings is 1. The molecule has 0 bridgehead atoms. The van der Waals surface area contributed by atoms with Crippen molar-refractivity contribution in [3.05, 3.63) is 29.4 Å². The molecule has 4 rings (SSSR count). The van der Waals surface area contributed by atoms with Crippen LogP contribution in [0.4, 0.5) is 0 Å². The van der Waals surface area contributed by atoms with Crippen molar-refractivity contribution in [1.82, 2.24) is 14.5 Å². The number of rotatable bonds is 5. The van der Waals surface area contributed by atoms with Gasteiger partial charge in [0.05, 0.1) is 25.2 Å². The van der Waals surface area contributed by atoms with Crippen molar-refractivity contribution in [2.75, 3.05) is 19.8 Å². The molecule has 2 heterocycles. The Hall–Kier alpha value is -1.62. The van der Waals surface area contributed by atoms with Gasteiger partial charge in [0.15, 0.2) is 0 Å². The van der Waals surface area contributed by atoms with Gasteiger partial charge in [-0.05, 0) is 38.0 Å². The van der Waals surface area contributed by atoms with E-state index >= 15 is 0 Å². The first-order valence-corrected chi connectivity index (χ1v) is 8.78. The maximum absolute atomic E-state index is 12.7. The summed E-state index contributed by atoms with van der Waals surface area (Å²) < 4.78 is 8.03. The highest BCUT2D eigenvalue weighted by Gasteiger charge is 2.33. The van der Waals surface area contributed by atoms with Gasteiger partial charge in [-0.2, -0.15) is 0 Å². The quantitative estimate of drug-likeness (QED) is 0.838. The normalized spacial score (nSPS) is 23.8. The topological polar surface area (TPSA) is 47.4 Å². The number of ether oxygens (including phenoxy) is 1. The molecule has 0 unspecified atom stereocenters. The summed E-state index contributed by atoms with van der Waals surface area (Å²) in [7, 11) is 2.04. The highest BCUT2D eigenvalue weighted by atomic mass is 16.5. The summed E-state index contributed by atoms with van der Waals surface area (Å²) in [5.74, 6) is 1.20. The van der Waals surface area contributed by atoms with Crippen molar-refractivity contribution in [3.63, 3.8) is 0 Å². The zero-order valence-electron chi connectivity index (χ0n) is 13.8. The van der Waals surface area contributed by atoms with Crippen molar-refractivity contribution in [2.24, 2.45) is 13.0 Å². The van der Waals surface area contributed by atoms with E-state index in [1.165, 1.54) is 18.5 Å². The Morgan fingerprint density at radius 3 is 3.00 bits per heavy atom. The van der Waals surface area contributed by atoms with Crippen molar-refractivity contribution in [3.8, 4) is 0 Å². The van der Waals surface area contributed by atoms with Crippen molar-refractivity contribution in [1.29, 1.82) is 0 Å². The number of nitrogens with zero attached hydrogens (tertiary/aromatic N) is 3. The molecule has 0 spiro atoms. The Kier molecular flexibility index (Phi) is 3.97. The van der Waals surface area contributed by atoms with E-state index in [0.29, 0.717) is 13.2 Å². The van der Waals surface area contributed by atoms with Gasteiger partial charge in [-0.1, -0.05) is 6.08 Å². The lowest BCUT2D eigenvalue weighted by Gasteiger charge is -2.33. The van der Waals surface area contributed by atoms with E-state index in [-0.39, 0.29) is 11.8 Å². The summed E-state index contributed by atoms with van der Waals surface area (Å²) in [5.41, 5.74) is 3.26. The van der Waals surface area contributed by atoms with Crippen LogP contribution >= 0.6 is 0 Å². The van der Waals surface area contributed by atoms with Crippen molar-refractivity contribution >= 4 is 5.91 Å². The first-order valence-electron chi connectivity index (χ1n) is 8.78.